The van der Waals surface area contributed by atoms with Crippen LogP contribution in [0.4, 0.5) is 5.69 Å². The van der Waals surface area contributed by atoms with E-state index in [4.69, 9.17) is 23.2 Å². The van der Waals surface area contributed by atoms with Crippen molar-refractivity contribution in [2.24, 2.45) is 0 Å². The number of benzene rings is 2. The van der Waals surface area contributed by atoms with Crippen molar-refractivity contribution < 1.29 is 4.79 Å². The zero-order valence-electron chi connectivity index (χ0n) is 14.2. The van der Waals surface area contributed by atoms with Crippen LogP contribution in [0.25, 0.3) is 20.9 Å². The van der Waals surface area contributed by atoms with E-state index in [1.807, 2.05) is 37.3 Å². The van der Waals surface area contributed by atoms with Gasteiger partial charge in [-0.25, -0.2) is 9.97 Å². The number of anilines is 1. The summed E-state index contributed by atoms with van der Waals surface area (Å²) in [5, 5.41) is 4.56. The molecule has 27 heavy (non-hydrogen) atoms. The zero-order valence-corrected chi connectivity index (χ0v) is 16.5. The van der Waals surface area contributed by atoms with Crippen LogP contribution in [0.1, 0.15) is 15.9 Å². The summed E-state index contributed by atoms with van der Waals surface area (Å²) in [6.45, 7) is 1.96. The molecule has 0 bridgehead atoms. The summed E-state index contributed by atoms with van der Waals surface area (Å²) < 4.78 is 0. The summed E-state index contributed by atoms with van der Waals surface area (Å²) >= 11 is 13.5. The Kier molecular flexibility index (Phi) is 4.83. The Hall–Kier alpha value is -2.47. The summed E-state index contributed by atoms with van der Waals surface area (Å²) in [4.78, 5) is 22.5. The van der Waals surface area contributed by atoms with Gasteiger partial charge < -0.3 is 5.32 Å². The topological polar surface area (TPSA) is 54.9 Å². The van der Waals surface area contributed by atoms with Gasteiger partial charge >= 0.3 is 0 Å². The van der Waals surface area contributed by atoms with Gasteiger partial charge in [0, 0.05) is 23.0 Å². The molecule has 2 aromatic heterocycles. The standard InChI is InChI=1S/C20H13Cl2N3OS/c1-11-13(19-25-17-6-3-9-23-20(17)27-19)4-2-5-16(11)24-18(26)12-7-8-14(21)15(22)10-12/h2-10H,1H3,(H,24,26). The Bertz CT molecular complexity index is 1140. The van der Waals surface area contributed by atoms with E-state index in [0.29, 0.717) is 15.6 Å². The van der Waals surface area contributed by atoms with Crippen LogP contribution in [0.5, 0.6) is 0 Å². The van der Waals surface area contributed by atoms with Crippen LogP contribution >= 0.6 is 34.5 Å². The molecule has 0 saturated heterocycles. The molecule has 0 saturated carbocycles. The van der Waals surface area contributed by atoms with Crippen LogP contribution in [0.3, 0.4) is 0 Å². The molecule has 0 atom stereocenters. The average molecular weight is 414 g/mol. The van der Waals surface area contributed by atoms with Crippen LogP contribution in [0, 0.1) is 6.92 Å². The van der Waals surface area contributed by atoms with Crippen molar-refractivity contribution in [1.29, 1.82) is 0 Å². The van der Waals surface area contributed by atoms with Crippen LogP contribution in [0.2, 0.25) is 10.0 Å². The lowest BCUT2D eigenvalue weighted by Crippen LogP contribution is -2.13. The second-order valence-corrected chi connectivity index (χ2v) is 7.70. The zero-order chi connectivity index (χ0) is 19.0. The third-order valence-corrected chi connectivity index (χ3v) is 5.91. The molecule has 2 heterocycles. The quantitative estimate of drug-likeness (QED) is 0.433. The summed E-state index contributed by atoms with van der Waals surface area (Å²) in [6.07, 6.45) is 1.76. The van der Waals surface area contributed by atoms with Gasteiger partial charge in [0.25, 0.3) is 5.91 Å². The van der Waals surface area contributed by atoms with E-state index in [1.54, 1.807) is 24.4 Å². The lowest BCUT2D eigenvalue weighted by molar-refractivity contribution is 0.102. The van der Waals surface area contributed by atoms with Crippen LogP contribution in [-0.4, -0.2) is 15.9 Å². The highest BCUT2D eigenvalue weighted by molar-refractivity contribution is 7.21. The molecular weight excluding hydrogens is 401 g/mol. The molecule has 0 spiro atoms. The molecule has 4 aromatic rings. The lowest BCUT2D eigenvalue weighted by Gasteiger charge is -2.11. The smallest absolute Gasteiger partial charge is 0.255 e. The second kappa shape index (κ2) is 7.27. The number of carbonyl (C=O) groups excluding carboxylic acids is 1. The third kappa shape index (κ3) is 3.54. The summed E-state index contributed by atoms with van der Waals surface area (Å²) in [5.74, 6) is -0.250. The minimum absolute atomic E-state index is 0.250. The van der Waals surface area contributed by atoms with Crippen molar-refractivity contribution in [1.82, 2.24) is 9.97 Å². The minimum atomic E-state index is -0.250. The van der Waals surface area contributed by atoms with Crippen molar-refractivity contribution in [3.8, 4) is 10.6 Å². The summed E-state index contributed by atoms with van der Waals surface area (Å²) in [7, 11) is 0. The van der Waals surface area contributed by atoms with Crippen LogP contribution < -0.4 is 5.32 Å². The summed E-state index contributed by atoms with van der Waals surface area (Å²) in [5.41, 5.74) is 3.92. The lowest BCUT2D eigenvalue weighted by atomic mass is 10.1. The number of thiazole rings is 1. The number of amides is 1. The Labute approximate surface area is 169 Å². The molecular formula is C20H13Cl2N3OS. The van der Waals surface area contributed by atoms with Gasteiger partial charge in [0.2, 0.25) is 0 Å². The second-order valence-electron chi connectivity index (χ2n) is 5.91. The monoisotopic (exact) mass is 413 g/mol. The fourth-order valence-electron chi connectivity index (χ4n) is 2.72. The molecule has 134 valence electrons. The van der Waals surface area contributed by atoms with Crippen molar-refractivity contribution in [2.45, 2.75) is 6.92 Å². The van der Waals surface area contributed by atoms with E-state index in [0.717, 1.165) is 32.2 Å². The van der Waals surface area contributed by atoms with Gasteiger partial charge in [-0.05, 0) is 48.9 Å². The van der Waals surface area contributed by atoms with E-state index in [2.05, 4.69) is 15.3 Å². The number of hydrogen-bond acceptors (Lipinski definition) is 4. The van der Waals surface area contributed by atoms with Crippen LogP contribution in [-0.2, 0) is 0 Å². The molecule has 4 nitrogen and oxygen atoms in total. The molecule has 0 aliphatic heterocycles. The number of carbonyl (C=O) groups is 1. The highest BCUT2D eigenvalue weighted by Gasteiger charge is 2.14. The SMILES string of the molecule is Cc1c(NC(=O)c2ccc(Cl)c(Cl)c2)cccc1-c1nc2cccnc2s1. The van der Waals surface area contributed by atoms with Gasteiger partial charge in [-0.3, -0.25) is 4.79 Å². The van der Waals surface area contributed by atoms with Crippen molar-refractivity contribution in [2.75, 3.05) is 5.32 Å². The summed E-state index contributed by atoms with van der Waals surface area (Å²) in [6, 6.07) is 14.4. The Balaban J connectivity index is 1.67. The maximum absolute atomic E-state index is 12.6. The Morgan fingerprint density at radius 2 is 1.93 bits per heavy atom. The van der Waals surface area contributed by atoms with Crippen molar-refractivity contribution in [3.05, 3.63) is 75.9 Å². The van der Waals surface area contributed by atoms with E-state index in [-0.39, 0.29) is 5.91 Å². The maximum atomic E-state index is 12.6. The van der Waals surface area contributed by atoms with E-state index in [1.165, 1.54) is 11.3 Å². The Morgan fingerprint density at radius 1 is 1.07 bits per heavy atom. The molecule has 7 heteroatoms. The number of pyridine rings is 1. The minimum Gasteiger partial charge on any atom is -0.322 e. The van der Waals surface area contributed by atoms with E-state index in [9.17, 15) is 4.79 Å². The fourth-order valence-corrected chi connectivity index (χ4v) is 4.01. The van der Waals surface area contributed by atoms with Crippen molar-refractivity contribution in [3.63, 3.8) is 0 Å². The molecule has 0 aliphatic carbocycles. The van der Waals surface area contributed by atoms with E-state index >= 15 is 0 Å². The van der Waals surface area contributed by atoms with Gasteiger partial charge in [-0.15, -0.1) is 0 Å². The molecule has 0 aliphatic rings. The maximum Gasteiger partial charge on any atom is 0.255 e. The molecule has 1 amide bonds. The number of nitrogens with one attached hydrogen (secondary N) is 1. The largest absolute Gasteiger partial charge is 0.322 e. The molecule has 1 N–H and O–H groups in total. The molecule has 0 fully saturated rings. The normalized spacial score (nSPS) is 10.9. The Morgan fingerprint density at radius 3 is 2.70 bits per heavy atom. The van der Waals surface area contributed by atoms with Crippen molar-refractivity contribution >= 4 is 56.5 Å². The predicted octanol–water partition coefficient (Wildman–Crippen LogP) is 6.23. The predicted molar refractivity (Wildman–Crippen MR) is 112 cm³/mol. The first-order valence-corrected chi connectivity index (χ1v) is 9.68. The highest BCUT2D eigenvalue weighted by atomic mass is 35.5. The molecule has 4 rings (SSSR count). The first-order valence-electron chi connectivity index (χ1n) is 8.11. The third-order valence-electron chi connectivity index (χ3n) is 4.16. The number of fused-ring (bicyclic) bond motifs is 1. The number of nitrogens with zero attached hydrogens (tertiary/aromatic N) is 2. The van der Waals surface area contributed by atoms with Gasteiger partial charge in [-0.1, -0.05) is 46.7 Å². The number of hydrogen-bond donors (Lipinski definition) is 1. The first-order chi connectivity index (χ1) is 13.0. The van der Waals surface area contributed by atoms with Gasteiger partial charge in [0.05, 0.1) is 10.0 Å². The molecule has 0 radical (unpaired) electrons. The van der Waals surface area contributed by atoms with Crippen LogP contribution in [0.15, 0.2) is 54.7 Å². The number of aromatic nitrogens is 2. The average Bonchev–Trinajstić information content (AvgIpc) is 3.09. The number of rotatable bonds is 3. The van der Waals surface area contributed by atoms with Gasteiger partial charge in [0.1, 0.15) is 15.4 Å². The number of halogens is 2. The fraction of sp³-hybridized carbons (Fsp3) is 0.0500. The molecule has 2 aromatic carbocycles. The first kappa shape index (κ1) is 17.9. The highest BCUT2D eigenvalue weighted by Crippen LogP contribution is 2.34. The van der Waals surface area contributed by atoms with Gasteiger partial charge in [-0.2, -0.15) is 0 Å². The van der Waals surface area contributed by atoms with Gasteiger partial charge in [0.15, 0.2) is 0 Å². The van der Waals surface area contributed by atoms with E-state index < -0.39 is 0 Å². The molecule has 0 unspecified atom stereocenters.